The van der Waals surface area contributed by atoms with Gasteiger partial charge in [-0.1, -0.05) is 25.7 Å². The normalized spacial score (nSPS) is 17.7. The molecule has 20 heavy (non-hydrogen) atoms. The number of ether oxygens (including phenoxy) is 3. The molecule has 0 heterocycles. The second-order valence-corrected chi connectivity index (χ2v) is 5.46. The lowest BCUT2D eigenvalue weighted by atomic mass is 10.1. The molecule has 1 aliphatic rings. The molecular formula is C17H26O3. The Balaban J connectivity index is 1.99. The maximum Gasteiger partial charge on any atom is 0.164 e. The largest absolute Gasteiger partial charge is 0.493 e. The van der Waals surface area contributed by atoms with Gasteiger partial charge in [-0.05, 0) is 37.8 Å². The minimum atomic E-state index is 0.339. The quantitative estimate of drug-likeness (QED) is 0.806. The first kappa shape index (κ1) is 15.0. The summed E-state index contributed by atoms with van der Waals surface area (Å²) in [5.74, 6) is 2.36. The summed E-state index contributed by atoms with van der Waals surface area (Å²) in [7, 11) is 3.30. The Hall–Kier alpha value is -1.38. The number of hydrogen-bond acceptors (Lipinski definition) is 3. The van der Waals surface area contributed by atoms with E-state index in [0.29, 0.717) is 6.10 Å². The third-order valence-corrected chi connectivity index (χ3v) is 3.96. The fraction of sp³-hybridized carbons (Fsp3) is 0.647. The highest BCUT2D eigenvalue weighted by Gasteiger charge is 2.13. The van der Waals surface area contributed by atoms with Crippen LogP contribution in [0.2, 0.25) is 0 Å². The first-order valence-electron chi connectivity index (χ1n) is 7.72. The molecular weight excluding hydrogens is 252 g/mol. The zero-order valence-electron chi connectivity index (χ0n) is 12.7. The Bertz CT molecular complexity index is 393. The molecule has 0 amide bonds. The number of hydrogen-bond donors (Lipinski definition) is 0. The molecule has 2 rings (SSSR count). The molecule has 1 saturated carbocycles. The van der Waals surface area contributed by atoms with Crippen molar-refractivity contribution in [3.05, 3.63) is 18.2 Å². The Kier molecular flexibility index (Phi) is 6.03. The average molecular weight is 278 g/mol. The Morgan fingerprint density at radius 2 is 1.40 bits per heavy atom. The van der Waals surface area contributed by atoms with Crippen molar-refractivity contribution < 1.29 is 14.2 Å². The fourth-order valence-electron chi connectivity index (χ4n) is 2.80. The lowest BCUT2D eigenvalue weighted by molar-refractivity contribution is 0.175. The third-order valence-electron chi connectivity index (χ3n) is 3.96. The first-order valence-corrected chi connectivity index (χ1v) is 7.72. The third kappa shape index (κ3) is 4.32. The lowest BCUT2D eigenvalue weighted by Crippen LogP contribution is -2.16. The maximum atomic E-state index is 6.15. The second kappa shape index (κ2) is 8.03. The molecule has 1 aromatic carbocycles. The van der Waals surface area contributed by atoms with Gasteiger partial charge in [-0.3, -0.25) is 0 Å². The van der Waals surface area contributed by atoms with Gasteiger partial charge in [-0.15, -0.1) is 0 Å². The molecule has 3 heteroatoms. The lowest BCUT2D eigenvalue weighted by Gasteiger charge is -2.19. The molecule has 0 radical (unpaired) electrons. The molecule has 112 valence electrons. The van der Waals surface area contributed by atoms with E-state index in [9.17, 15) is 0 Å². The summed E-state index contributed by atoms with van der Waals surface area (Å²) in [6.07, 6.45) is 10.6. The SMILES string of the molecule is COc1ccc(OC2CCCCCCCC2)cc1OC. The van der Waals surface area contributed by atoms with Crippen molar-refractivity contribution in [2.24, 2.45) is 0 Å². The molecule has 0 atom stereocenters. The van der Waals surface area contributed by atoms with E-state index < -0.39 is 0 Å². The summed E-state index contributed by atoms with van der Waals surface area (Å²) in [5.41, 5.74) is 0. The summed E-state index contributed by atoms with van der Waals surface area (Å²) >= 11 is 0. The topological polar surface area (TPSA) is 27.7 Å². The van der Waals surface area contributed by atoms with Gasteiger partial charge in [0.2, 0.25) is 0 Å². The van der Waals surface area contributed by atoms with Crippen LogP contribution in [0.4, 0.5) is 0 Å². The summed E-state index contributed by atoms with van der Waals surface area (Å²) in [6, 6.07) is 5.79. The van der Waals surface area contributed by atoms with Crippen LogP contribution >= 0.6 is 0 Å². The van der Waals surface area contributed by atoms with Gasteiger partial charge in [0.1, 0.15) is 5.75 Å². The molecule has 1 aliphatic carbocycles. The molecule has 0 aromatic heterocycles. The smallest absolute Gasteiger partial charge is 0.164 e. The Morgan fingerprint density at radius 1 is 0.800 bits per heavy atom. The van der Waals surface area contributed by atoms with E-state index in [1.165, 1.54) is 38.5 Å². The fourth-order valence-corrected chi connectivity index (χ4v) is 2.80. The van der Waals surface area contributed by atoms with E-state index in [2.05, 4.69) is 0 Å². The summed E-state index contributed by atoms with van der Waals surface area (Å²) in [6.45, 7) is 0. The summed E-state index contributed by atoms with van der Waals surface area (Å²) in [4.78, 5) is 0. The van der Waals surface area contributed by atoms with Gasteiger partial charge in [-0.2, -0.15) is 0 Å². The Morgan fingerprint density at radius 3 is 2.00 bits per heavy atom. The number of methoxy groups -OCH3 is 2. The molecule has 0 N–H and O–H groups in total. The van der Waals surface area contributed by atoms with Crippen LogP contribution in [0.25, 0.3) is 0 Å². The Labute approximate surface area is 122 Å². The maximum absolute atomic E-state index is 6.15. The zero-order chi connectivity index (χ0) is 14.2. The number of benzene rings is 1. The highest BCUT2D eigenvalue weighted by atomic mass is 16.5. The van der Waals surface area contributed by atoms with Gasteiger partial charge >= 0.3 is 0 Å². The molecule has 0 bridgehead atoms. The molecule has 1 fully saturated rings. The highest BCUT2D eigenvalue weighted by molar-refractivity contribution is 5.45. The summed E-state index contributed by atoms with van der Waals surface area (Å²) in [5, 5.41) is 0. The van der Waals surface area contributed by atoms with Gasteiger partial charge < -0.3 is 14.2 Å². The predicted molar refractivity (Wildman–Crippen MR) is 80.9 cm³/mol. The van der Waals surface area contributed by atoms with Crippen LogP contribution in [0.5, 0.6) is 17.2 Å². The molecule has 1 aromatic rings. The van der Waals surface area contributed by atoms with Crippen molar-refractivity contribution in [1.82, 2.24) is 0 Å². The van der Waals surface area contributed by atoms with Gasteiger partial charge in [0.05, 0.1) is 20.3 Å². The van der Waals surface area contributed by atoms with Crippen LogP contribution in [-0.4, -0.2) is 20.3 Å². The molecule has 0 unspecified atom stereocenters. The van der Waals surface area contributed by atoms with Crippen molar-refractivity contribution in [3.63, 3.8) is 0 Å². The van der Waals surface area contributed by atoms with Crippen LogP contribution in [-0.2, 0) is 0 Å². The predicted octanol–water partition coefficient (Wildman–Crippen LogP) is 4.59. The monoisotopic (exact) mass is 278 g/mol. The van der Waals surface area contributed by atoms with Crippen molar-refractivity contribution in [2.75, 3.05) is 14.2 Å². The van der Waals surface area contributed by atoms with Crippen molar-refractivity contribution >= 4 is 0 Å². The first-order chi connectivity index (χ1) is 9.83. The van der Waals surface area contributed by atoms with Gasteiger partial charge in [-0.25, -0.2) is 0 Å². The van der Waals surface area contributed by atoms with Crippen molar-refractivity contribution in [1.29, 1.82) is 0 Å². The minimum absolute atomic E-state index is 0.339. The molecule has 0 saturated heterocycles. The van der Waals surface area contributed by atoms with Crippen LogP contribution in [0.1, 0.15) is 51.4 Å². The zero-order valence-corrected chi connectivity index (χ0v) is 12.7. The van der Waals surface area contributed by atoms with Crippen LogP contribution < -0.4 is 14.2 Å². The van der Waals surface area contributed by atoms with Gasteiger partial charge in [0.25, 0.3) is 0 Å². The van der Waals surface area contributed by atoms with E-state index in [4.69, 9.17) is 14.2 Å². The minimum Gasteiger partial charge on any atom is -0.493 e. The van der Waals surface area contributed by atoms with E-state index in [0.717, 1.165) is 30.1 Å². The van der Waals surface area contributed by atoms with E-state index in [1.54, 1.807) is 14.2 Å². The highest BCUT2D eigenvalue weighted by Crippen LogP contribution is 2.32. The summed E-state index contributed by atoms with van der Waals surface area (Å²) < 4.78 is 16.7. The van der Waals surface area contributed by atoms with Crippen LogP contribution in [0, 0.1) is 0 Å². The van der Waals surface area contributed by atoms with E-state index in [1.807, 2.05) is 18.2 Å². The molecule has 0 spiro atoms. The number of rotatable bonds is 4. The standard InChI is InChI=1S/C17H26O3/c1-18-16-12-11-15(13-17(16)19-2)20-14-9-7-5-3-4-6-8-10-14/h11-14H,3-10H2,1-2H3. The average Bonchev–Trinajstić information content (AvgIpc) is 2.61. The van der Waals surface area contributed by atoms with Crippen molar-refractivity contribution in [2.45, 2.75) is 57.5 Å². The van der Waals surface area contributed by atoms with Crippen molar-refractivity contribution in [3.8, 4) is 17.2 Å². The van der Waals surface area contributed by atoms with E-state index >= 15 is 0 Å². The second-order valence-electron chi connectivity index (χ2n) is 5.46. The molecule has 0 aliphatic heterocycles. The van der Waals surface area contributed by atoms with Crippen LogP contribution in [0.15, 0.2) is 18.2 Å². The van der Waals surface area contributed by atoms with Gasteiger partial charge in [0.15, 0.2) is 11.5 Å². The van der Waals surface area contributed by atoms with Crippen LogP contribution in [0.3, 0.4) is 0 Å². The van der Waals surface area contributed by atoms with Gasteiger partial charge in [0, 0.05) is 6.07 Å². The molecule has 3 nitrogen and oxygen atoms in total. The van der Waals surface area contributed by atoms with E-state index in [-0.39, 0.29) is 0 Å².